The Bertz CT molecular complexity index is 472. The predicted octanol–water partition coefficient (Wildman–Crippen LogP) is 4.24. The van der Waals surface area contributed by atoms with Crippen LogP contribution in [0, 0.1) is 5.92 Å². The Morgan fingerprint density at radius 3 is 2.65 bits per heavy atom. The molecule has 1 aliphatic carbocycles. The summed E-state index contributed by atoms with van der Waals surface area (Å²) in [6, 6.07) is 4.66. The van der Waals surface area contributed by atoms with E-state index in [2.05, 4.69) is 34.2 Å². The average molecular weight is 340 g/mol. The van der Waals surface area contributed by atoms with Crippen molar-refractivity contribution in [1.29, 1.82) is 0 Å². The maximum absolute atomic E-state index is 5.45. The molecule has 1 aliphatic heterocycles. The minimum atomic E-state index is 0.330. The van der Waals surface area contributed by atoms with E-state index < -0.39 is 0 Å². The molecule has 1 fully saturated rings. The van der Waals surface area contributed by atoms with Crippen LogP contribution in [0.15, 0.2) is 16.6 Å². The largest absolute Gasteiger partial charge is 0.454 e. The van der Waals surface area contributed by atoms with Crippen molar-refractivity contribution in [2.24, 2.45) is 5.92 Å². The summed E-state index contributed by atoms with van der Waals surface area (Å²) < 4.78 is 11.9. The topological polar surface area (TPSA) is 30.5 Å². The zero-order valence-electron chi connectivity index (χ0n) is 12.0. The Hall–Kier alpha value is -0.740. The molecule has 0 amide bonds. The summed E-state index contributed by atoms with van der Waals surface area (Å²) in [5.41, 5.74) is 1.23. The zero-order valence-corrected chi connectivity index (χ0v) is 13.5. The molecule has 3 rings (SSSR count). The zero-order chi connectivity index (χ0) is 13.9. The lowest BCUT2D eigenvalue weighted by Crippen LogP contribution is -2.34. The first kappa shape index (κ1) is 14.2. The van der Waals surface area contributed by atoms with Crippen LogP contribution in [0.1, 0.15) is 44.6 Å². The van der Waals surface area contributed by atoms with Gasteiger partial charge in [-0.25, -0.2) is 0 Å². The molecular weight excluding hydrogens is 318 g/mol. The number of halogens is 1. The second-order valence-corrected chi connectivity index (χ2v) is 6.72. The van der Waals surface area contributed by atoms with Crippen LogP contribution in [0.25, 0.3) is 0 Å². The van der Waals surface area contributed by atoms with E-state index in [1.54, 1.807) is 0 Å². The maximum Gasteiger partial charge on any atom is 0.231 e. The summed E-state index contributed by atoms with van der Waals surface area (Å²) >= 11 is 3.62. The fourth-order valence-electron chi connectivity index (χ4n) is 3.17. The van der Waals surface area contributed by atoms with Crippen molar-refractivity contribution in [2.45, 2.75) is 51.6 Å². The number of hydrogen-bond donors (Lipinski definition) is 1. The Morgan fingerprint density at radius 2 is 1.90 bits per heavy atom. The van der Waals surface area contributed by atoms with E-state index in [4.69, 9.17) is 9.47 Å². The van der Waals surface area contributed by atoms with Gasteiger partial charge in [-0.3, -0.25) is 0 Å². The minimum absolute atomic E-state index is 0.330. The van der Waals surface area contributed by atoms with Crippen LogP contribution >= 0.6 is 15.9 Å². The fraction of sp³-hybridized carbons (Fsp3) is 0.625. The van der Waals surface area contributed by atoms with Crippen LogP contribution in [-0.4, -0.2) is 12.8 Å². The van der Waals surface area contributed by atoms with Crippen LogP contribution in [-0.2, 0) is 6.54 Å². The van der Waals surface area contributed by atoms with Crippen molar-refractivity contribution in [3.05, 3.63) is 22.2 Å². The number of rotatable bonds is 4. The Labute approximate surface area is 129 Å². The van der Waals surface area contributed by atoms with Gasteiger partial charge in [-0.15, -0.1) is 0 Å². The third kappa shape index (κ3) is 3.12. The SMILES string of the molecule is C[C@H](NCc1cc2c(cc1Br)OCO2)C1CCCCC1. The number of hydrogen-bond acceptors (Lipinski definition) is 3. The van der Waals surface area contributed by atoms with E-state index in [1.165, 1.54) is 37.7 Å². The third-order valence-electron chi connectivity index (χ3n) is 4.51. The Kier molecular flexibility index (Phi) is 4.51. The van der Waals surface area contributed by atoms with Crippen LogP contribution < -0.4 is 14.8 Å². The molecule has 20 heavy (non-hydrogen) atoms. The van der Waals surface area contributed by atoms with E-state index in [1.807, 2.05) is 6.07 Å². The van der Waals surface area contributed by atoms with Gasteiger partial charge in [0, 0.05) is 17.1 Å². The molecule has 1 heterocycles. The number of ether oxygens (including phenoxy) is 2. The molecule has 4 heteroatoms. The molecule has 0 unspecified atom stereocenters. The lowest BCUT2D eigenvalue weighted by molar-refractivity contribution is 0.174. The lowest BCUT2D eigenvalue weighted by atomic mass is 9.84. The van der Waals surface area contributed by atoms with E-state index in [0.29, 0.717) is 12.8 Å². The van der Waals surface area contributed by atoms with Gasteiger partial charge in [-0.05, 0) is 43.4 Å². The fourth-order valence-corrected chi connectivity index (χ4v) is 3.63. The molecule has 1 aromatic rings. The number of benzene rings is 1. The summed E-state index contributed by atoms with van der Waals surface area (Å²) in [7, 11) is 0. The van der Waals surface area contributed by atoms with Crippen LogP contribution in [0.2, 0.25) is 0 Å². The first-order valence-electron chi connectivity index (χ1n) is 7.55. The molecule has 1 N–H and O–H groups in total. The molecule has 0 bridgehead atoms. The highest BCUT2D eigenvalue weighted by Gasteiger charge is 2.21. The van der Waals surface area contributed by atoms with Crippen molar-refractivity contribution < 1.29 is 9.47 Å². The van der Waals surface area contributed by atoms with Crippen LogP contribution in [0.4, 0.5) is 0 Å². The molecule has 1 aromatic carbocycles. The van der Waals surface area contributed by atoms with Gasteiger partial charge in [-0.1, -0.05) is 35.2 Å². The summed E-state index contributed by atoms with van der Waals surface area (Å²) in [6.07, 6.45) is 6.94. The molecule has 0 spiro atoms. The van der Waals surface area contributed by atoms with Gasteiger partial charge in [-0.2, -0.15) is 0 Å². The van der Waals surface area contributed by atoms with Crippen molar-refractivity contribution in [2.75, 3.05) is 6.79 Å². The second-order valence-electron chi connectivity index (χ2n) is 5.86. The van der Waals surface area contributed by atoms with Gasteiger partial charge in [0.15, 0.2) is 11.5 Å². The molecule has 1 saturated carbocycles. The second kappa shape index (κ2) is 6.35. The van der Waals surface area contributed by atoms with Gasteiger partial charge in [0.05, 0.1) is 0 Å². The maximum atomic E-state index is 5.45. The highest BCUT2D eigenvalue weighted by atomic mass is 79.9. The van der Waals surface area contributed by atoms with Crippen molar-refractivity contribution >= 4 is 15.9 Å². The molecule has 0 aromatic heterocycles. The van der Waals surface area contributed by atoms with Crippen molar-refractivity contribution in [3.8, 4) is 11.5 Å². The normalized spacial score (nSPS) is 20.1. The molecule has 0 saturated heterocycles. The highest BCUT2D eigenvalue weighted by Crippen LogP contribution is 2.37. The van der Waals surface area contributed by atoms with E-state index >= 15 is 0 Å². The van der Waals surface area contributed by atoms with E-state index in [-0.39, 0.29) is 0 Å². The van der Waals surface area contributed by atoms with Gasteiger partial charge >= 0.3 is 0 Å². The smallest absolute Gasteiger partial charge is 0.231 e. The molecule has 2 aliphatic rings. The first-order valence-corrected chi connectivity index (χ1v) is 8.35. The summed E-state index contributed by atoms with van der Waals surface area (Å²) in [5.74, 6) is 2.52. The highest BCUT2D eigenvalue weighted by molar-refractivity contribution is 9.10. The first-order chi connectivity index (χ1) is 9.74. The summed E-state index contributed by atoms with van der Waals surface area (Å²) in [6.45, 7) is 3.52. The number of nitrogens with one attached hydrogen (secondary N) is 1. The lowest BCUT2D eigenvalue weighted by Gasteiger charge is -2.28. The summed E-state index contributed by atoms with van der Waals surface area (Å²) in [5, 5.41) is 3.67. The standard InChI is InChI=1S/C16H22BrNO2/c1-11(12-5-3-2-4-6-12)18-9-13-7-15-16(8-14(13)17)20-10-19-15/h7-8,11-12,18H,2-6,9-10H2,1H3/t11-/m0/s1. The number of fused-ring (bicyclic) bond motifs is 1. The van der Waals surface area contributed by atoms with Gasteiger partial charge < -0.3 is 14.8 Å². The monoisotopic (exact) mass is 339 g/mol. The van der Waals surface area contributed by atoms with Crippen molar-refractivity contribution in [1.82, 2.24) is 5.32 Å². The average Bonchev–Trinajstić information content (AvgIpc) is 2.92. The van der Waals surface area contributed by atoms with Crippen molar-refractivity contribution in [3.63, 3.8) is 0 Å². The summed E-state index contributed by atoms with van der Waals surface area (Å²) in [4.78, 5) is 0. The predicted molar refractivity (Wildman–Crippen MR) is 83.1 cm³/mol. The Balaban J connectivity index is 1.60. The van der Waals surface area contributed by atoms with Crippen LogP contribution in [0.5, 0.6) is 11.5 Å². The molecule has 110 valence electrons. The van der Waals surface area contributed by atoms with Gasteiger partial charge in [0.1, 0.15) is 0 Å². The van der Waals surface area contributed by atoms with E-state index in [9.17, 15) is 0 Å². The Morgan fingerprint density at radius 1 is 1.20 bits per heavy atom. The van der Waals surface area contributed by atoms with Gasteiger partial charge in [0.25, 0.3) is 0 Å². The van der Waals surface area contributed by atoms with Gasteiger partial charge in [0.2, 0.25) is 6.79 Å². The van der Waals surface area contributed by atoms with E-state index in [0.717, 1.165) is 28.4 Å². The minimum Gasteiger partial charge on any atom is -0.454 e. The quantitative estimate of drug-likeness (QED) is 0.889. The molecule has 3 nitrogen and oxygen atoms in total. The molecule has 1 atom stereocenters. The van der Waals surface area contributed by atoms with Crippen LogP contribution in [0.3, 0.4) is 0 Å². The molecule has 0 radical (unpaired) electrons. The third-order valence-corrected chi connectivity index (χ3v) is 5.25. The molecular formula is C16H22BrNO2.